The molecule has 5 nitrogen and oxygen atoms in total. The number of alkyl halides is 3. The maximum atomic E-state index is 12.7. The predicted molar refractivity (Wildman–Crippen MR) is 87.9 cm³/mol. The first-order valence-electron chi connectivity index (χ1n) is 7.87. The van der Waals surface area contributed by atoms with Crippen molar-refractivity contribution in [3.63, 3.8) is 0 Å². The van der Waals surface area contributed by atoms with E-state index in [-0.39, 0.29) is 0 Å². The van der Waals surface area contributed by atoms with E-state index in [0.29, 0.717) is 13.0 Å². The fraction of sp³-hybridized carbons (Fsp3) is 0.412. The van der Waals surface area contributed by atoms with Gasteiger partial charge in [0, 0.05) is 24.4 Å². The van der Waals surface area contributed by atoms with Crippen LogP contribution in [0.3, 0.4) is 0 Å². The van der Waals surface area contributed by atoms with Gasteiger partial charge in [-0.2, -0.15) is 13.2 Å². The minimum atomic E-state index is -4.44. The fourth-order valence-electron chi connectivity index (χ4n) is 2.69. The van der Waals surface area contributed by atoms with Crippen LogP contribution in [0.25, 0.3) is 0 Å². The number of carbonyl (C=O) groups excluding carboxylic acids is 2. The van der Waals surface area contributed by atoms with Gasteiger partial charge in [-0.25, -0.2) is 0 Å². The van der Waals surface area contributed by atoms with E-state index in [1.165, 1.54) is 11.8 Å². The van der Waals surface area contributed by atoms with Crippen LogP contribution in [0, 0.1) is 0 Å². The number of nitrogens with zero attached hydrogens (tertiary/aromatic N) is 1. The van der Waals surface area contributed by atoms with Gasteiger partial charge in [0.05, 0.1) is 12.5 Å². The van der Waals surface area contributed by atoms with Crippen LogP contribution in [-0.4, -0.2) is 36.6 Å². The second-order valence-corrected chi connectivity index (χ2v) is 5.94. The Morgan fingerprint density at radius 2 is 2.04 bits per heavy atom. The van der Waals surface area contributed by atoms with Crippen LogP contribution in [0.4, 0.5) is 18.9 Å². The van der Waals surface area contributed by atoms with Crippen molar-refractivity contribution < 1.29 is 22.8 Å². The number of fused-ring (bicyclic) bond motifs is 1. The molecule has 0 radical (unpaired) electrons. The number of primary amides is 1. The summed E-state index contributed by atoms with van der Waals surface area (Å²) < 4.78 is 38.1. The van der Waals surface area contributed by atoms with Gasteiger partial charge in [-0.1, -0.05) is 24.3 Å². The Hall–Kier alpha value is -2.35. The average molecular weight is 355 g/mol. The lowest BCUT2D eigenvalue weighted by atomic mass is 10.1. The molecule has 1 aromatic carbocycles. The molecule has 1 aliphatic rings. The van der Waals surface area contributed by atoms with Crippen molar-refractivity contribution in [3.8, 4) is 0 Å². The van der Waals surface area contributed by atoms with E-state index in [4.69, 9.17) is 5.73 Å². The topological polar surface area (TPSA) is 75.4 Å². The van der Waals surface area contributed by atoms with Crippen LogP contribution in [0.2, 0.25) is 0 Å². The molecule has 1 aromatic rings. The molecule has 1 aliphatic heterocycles. The number of benzene rings is 1. The van der Waals surface area contributed by atoms with Gasteiger partial charge < -0.3 is 10.6 Å². The minimum Gasteiger partial charge on any atom is -0.368 e. The number of halogens is 3. The second kappa shape index (κ2) is 7.69. The molecule has 0 saturated carbocycles. The molecule has 0 spiro atoms. The lowest BCUT2D eigenvalue weighted by Crippen LogP contribution is -2.45. The quantitative estimate of drug-likeness (QED) is 0.766. The van der Waals surface area contributed by atoms with E-state index in [9.17, 15) is 22.8 Å². The zero-order valence-electron chi connectivity index (χ0n) is 13.7. The Balaban J connectivity index is 2.09. The predicted octanol–water partition coefficient (Wildman–Crippen LogP) is 1.92. The van der Waals surface area contributed by atoms with Gasteiger partial charge in [0.25, 0.3) is 5.91 Å². The molecule has 0 bridgehead atoms. The molecular formula is C17H20F3N3O2. The first-order valence-corrected chi connectivity index (χ1v) is 7.87. The summed E-state index contributed by atoms with van der Waals surface area (Å²) in [5.41, 5.74) is 6.87. The van der Waals surface area contributed by atoms with Crippen molar-refractivity contribution in [2.45, 2.75) is 38.0 Å². The van der Waals surface area contributed by atoms with Gasteiger partial charge >= 0.3 is 6.18 Å². The molecule has 0 fully saturated rings. The van der Waals surface area contributed by atoms with E-state index >= 15 is 0 Å². The summed E-state index contributed by atoms with van der Waals surface area (Å²) >= 11 is 0. The lowest BCUT2D eigenvalue weighted by Gasteiger charge is -2.21. The van der Waals surface area contributed by atoms with Crippen molar-refractivity contribution in [1.29, 1.82) is 0 Å². The summed E-state index contributed by atoms with van der Waals surface area (Å²) in [5.74, 6) is -1.16. The average Bonchev–Trinajstić information content (AvgIpc) is 2.94. The Morgan fingerprint density at radius 3 is 2.68 bits per heavy atom. The molecule has 0 aliphatic carbocycles. The second-order valence-electron chi connectivity index (χ2n) is 5.94. The van der Waals surface area contributed by atoms with E-state index in [1.54, 1.807) is 12.1 Å². The number of amides is 2. The summed E-state index contributed by atoms with van der Waals surface area (Å²) in [6.45, 7) is 1.86. The largest absolute Gasteiger partial charge is 0.390 e. The van der Waals surface area contributed by atoms with Crippen LogP contribution >= 0.6 is 0 Å². The molecule has 2 rings (SSSR count). The highest BCUT2D eigenvalue weighted by atomic mass is 19.4. The van der Waals surface area contributed by atoms with Crippen molar-refractivity contribution in [3.05, 3.63) is 42.0 Å². The standard InChI is InChI=1S/C17H20F3N3O2/c1-11(16(21)25)22-13(10-17(18,19)20)6-7-15(24)23-9-8-12-4-2-3-5-14(12)23/h2-7,11,13,22H,8-10H2,1H3,(H2,21,25)/t11-,13?/m0/s1. The third kappa shape index (κ3) is 5.32. The van der Waals surface area contributed by atoms with Crippen LogP contribution in [0.15, 0.2) is 36.4 Å². The maximum absolute atomic E-state index is 12.7. The molecule has 1 unspecified atom stereocenters. The van der Waals surface area contributed by atoms with Crippen molar-refractivity contribution in [1.82, 2.24) is 5.32 Å². The number of carbonyl (C=O) groups is 2. The molecule has 2 atom stereocenters. The number of rotatable bonds is 6. The van der Waals surface area contributed by atoms with Gasteiger partial charge in [0.15, 0.2) is 0 Å². The Bertz CT molecular complexity index is 673. The third-order valence-corrected chi connectivity index (χ3v) is 3.97. The minimum absolute atomic E-state index is 0.398. The normalized spacial score (nSPS) is 16.7. The molecular weight excluding hydrogens is 335 g/mol. The number of para-hydroxylation sites is 1. The number of nitrogens with two attached hydrogens (primary N) is 1. The fourth-order valence-corrected chi connectivity index (χ4v) is 2.69. The highest BCUT2D eigenvalue weighted by Crippen LogP contribution is 2.28. The van der Waals surface area contributed by atoms with E-state index in [1.807, 2.05) is 12.1 Å². The summed E-state index contributed by atoms with van der Waals surface area (Å²) in [6, 6.07) is 5.22. The van der Waals surface area contributed by atoms with Gasteiger partial charge in [-0.3, -0.25) is 14.9 Å². The zero-order chi connectivity index (χ0) is 18.6. The highest BCUT2D eigenvalue weighted by molar-refractivity contribution is 6.02. The molecule has 0 saturated heterocycles. The Morgan fingerprint density at radius 1 is 1.36 bits per heavy atom. The summed E-state index contributed by atoms with van der Waals surface area (Å²) in [4.78, 5) is 24.9. The first kappa shape index (κ1) is 19.0. The van der Waals surface area contributed by atoms with Crippen LogP contribution in [0.5, 0.6) is 0 Å². The third-order valence-electron chi connectivity index (χ3n) is 3.97. The smallest absolute Gasteiger partial charge is 0.368 e. The lowest BCUT2D eigenvalue weighted by molar-refractivity contribution is -0.139. The Kier molecular flexibility index (Phi) is 5.84. The van der Waals surface area contributed by atoms with E-state index in [2.05, 4.69) is 5.32 Å². The molecule has 2 amide bonds. The summed E-state index contributed by atoms with van der Waals surface area (Å²) in [5, 5.41) is 2.49. The van der Waals surface area contributed by atoms with E-state index in [0.717, 1.165) is 23.4 Å². The number of hydrogen-bond acceptors (Lipinski definition) is 3. The van der Waals surface area contributed by atoms with Crippen LogP contribution in [0.1, 0.15) is 18.9 Å². The summed E-state index contributed by atoms with van der Waals surface area (Å²) in [6.07, 6.45) is -2.69. The van der Waals surface area contributed by atoms with E-state index < -0.39 is 36.5 Å². The molecule has 0 aromatic heterocycles. The van der Waals surface area contributed by atoms with Gasteiger partial charge in [-0.05, 0) is 25.0 Å². The Labute approximate surface area is 143 Å². The monoisotopic (exact) mass is 355 g/mol. The van der Waals surface area contributed by atoms with Crippen molar-refractivity contribution in [2.24, 2.45) is 5.73 Å². The number of nitrogens with one attached hydrogen (secondary N) is 1. The van der Waals surface area contributed by atoms with Crippen LogP contribution in [-0.2, 0) is 16.0 Å². The summed E-state index contributed by atoms with van der Waals surface area (Å²) in [7, 11) is 0. The SMILES string of the molecule is C[C@H](NC(C=CC(=O)N1CCc2ccccc21)CC(F)(F)F)C(N)=O. The molecule has 8 heteroatoms. The first-order chi connectivity index (χ1) is 11.7. The molecule has 3 N–H and O–H groups in total. The van der Waals surface area contributed by atoms with Crippen molar-refractivity contribution in [2.75, 3.05) is 11.4 Å². The molecule has 25 heavy (non-hydrogen) atoms. The van der Waals surface area contributed by atoms with Gasteiger partial charge in [0.2, 0.25) is 5.91 Å². The highest BCUT2D eigenvalue weighted by Gasteiger charge is 2.32. The zero-order valence-corrected chi connectivity index (χ0v) is 13.7. The van der Waals surface area contributed by atoms with Crippen LogP contribution < -0.4 is 16.0 Å². The molecule has 1 heterocycles. The van der Waals surface area contributed by atoms with Crippen molar-refractivity contribution >= 4 is 17.5 Å². The maximum Gasteiger partial charge on any atom is 0.390 e. The van der Waals surface area contributed by atoms with Gasteiger partial charge in [-0.15, -0.1) is 0 Å². The number of hydrogen-bond donors (Lipinski definition) is 2. The van der Waals surface area contributed by atoms with Gasteiger partial charge in [0.1, 0.15) is 0 Å². The number of anilines is 1. The molecule has 136 valence electrons.